The van der Waals surface area contributed by atoms with Crippen LogP contribution >= 0.6 is 0 Å². The van der Waals surface area contributed by atoms with Gasteiger partial charge in [-0.3, -0.25) is 4.79 Å². The zero-order chi connectivity index (χ0) is 14.1. The highest BCUT2D eigenvalue weighted by molar-refractivity contribution is 5.90. The third-order valence-electron chi connectivity index (χ3n) is 3.52. The van der Waals surface area contributed by atoms with Gasteiger partial charge in [-0.05, 0) is 30.0 Å². The number of anilines is 1. The second-order valence-electron chi connectivity index (χ2n) is 5.26. The van der Waals surface area contributed by atoms with Gasteiger partial charge in [0.15, 0.2) is 0 Å². The lowest BCUT2D eigenvalue weighted by Gasteiger charge is -2.13. The highest BCUT2D eigenvalue weighted by Crippen LogP contribution is 2.17. The van der Waals surface area contributed by atoms with Crippen molar-refractivity contribution in [3.63, 3.8) is 0 Å². The molecule has 2 heteroatoms. The van der Waals surface area contributed by atoms with Crippen molar-refractivity contribution in [3.8, 4) is 0 Å². The van der Waals surface area contributed by atoms with E-state index < -0.39 is 0 Å². The van der Waals surface area contributed by atoms with Crippen LogP contribution in [0.5, 0.6) is 0 Å². The third-order valence-corrected chi connectivity index (χ3v) is 3.52. The summed E-state index contributed by atoms with van der Waals surface area (Å²) in [5.74, 6) is 0.660. The quantitative estimate of drug-likeness (QED) is 0.716. The molecule has 1 atom stereocenters. The molecule has 0 saturated carbocycles. The van der Waals surface area contributed by atoms with E-state index >= 15 is 0 Å². The smallest absolute Gasteiger partial charge is 0.224 e. The molecule has 2 nitrogen and oxygen atoms in total. The van der Waals surface area contributed by atoms with Gasteiger partial charge in [0.05, 0.1) is 0 Å². The van der Waals surface area contributed by atoms with Crippen LogP contribution in [0.15, 0.2) is 24.3 Å². The van der Waals surface area contributed by atoms with Crippen LogP contribution in [0.25, 0.3) is 0 Å². The Bertz CT molecular complexity index is 369. The monoisotopic (exact) mass is 261 g/mol. The summed E-state index contributed by atoms with van der Waals surface area (Å²) in [6.07, 6.45) is 6.26. The molecule has 0 saturated heterocycles. The molecule has 1 rings (SSSR count). The first-order chi connectivity index (χ1) is 9.19. The molecule has 0 fully saturated rings. The van der Waals surface area contributed by atoms with E-state index in [4.69, 9.17) is 0 Å². The average Bonchev–Trinajstić information content (AvgIpc) is 2.41. The van der Waals surface area contributed by atoms with Crippen molar-refractivity contribution in [2.24, 2.45) is 5.92 Å². The SMILES string of the molecule is CCCc1ccc(NC(=O)CC(CC)CCC)cc1. The predicted octanol–water partition coefficient (Wildman–Crippen LogP) is 4.79. The lowest BCUT2D eigenvalue weighted by Crippen LogP contribution is -2.16. The van der Waals surface area contributed by atoms with Crippen LogP contribution in [-0.2, 0) is 11.2 Å². The summed E-state index contributed by atoms with van der Waals surface area (Å²) in [4.78, 5) is 12.0. The summed E-state index contributed by atoms with van der Waals surface area (Å²) in [5.41, 5.74) is 2.24. The first kappa shape index (κ1) is 15.7. The summed E-state index contributed by atoms with van der Waals surface area (Å²) < 4.78 is 0. The Morgan fingerprint density at radius 3 is 2.32 bits per heavy atom. The second kappa shape index (κ2) is 8.73. The van der Waals surface area contributed by atoms with Gasteiger partial charge in [-0.1, -0.05) is 58.6 Å². The number of nitrogens with one attached hydrogen (secondary N) is 1. The number of hydrogen-bond acceptors (Lipinski definition) is 1. The maximum absolute atomic E-state index is 12.0. The van der Waals surface area contributed by atoms with Crippen molar-refractivity contribution in [3.05, 3.63) is 29.8 Å². The Hall–Kier alpha value is -1.31. The van der Waals surface area contributed by atoms with Gasteiger partial charge >= 0.3 is 0 Å². The molecule has 1 unspecified atom stereocenters. The highest BCUT2D eigenvalue weighted by atomic mass is 16.1. The summed E-state index contributed by atoms with van der Waals surface area (Å²) in [7, 11) is 0. The molecule has 0 heterocycles. The van der Waals surface area contributed by atoms with E-state index in [2.05, 4.69) is 38.2 Å². The number of hydrogen-bond donors (Lipinski definition) is 1. The van der Waals surface area contributed by atoms with Gasteiger partial charge in [0.2, 0.25) is 5.91 Å². The van der Waals surface area contributed by atoms with Gasteiger partial charge in [0.1, 0.15) is 0 Å². The zero-order valence-electron chi connectivity index (χ0n) is 12.5. The number of benzene rings is 1. The normalized spacial score (nSPS) is 12.2. The van der Waals surface area contributed by atoms with Crippen molar-refractivity contribution in [1.82, 2.24) is 0 Å². The largest absolute Gasteiger partial charge is 0.326 e. The Morgan fingerprint density at radius 1 is 1.11 bits per heavy atom. The molecular weight excluding hydrogens is 234 g/mol. The first-order valence-corrected chi connectivity index (χ1v) is 7.58. The Morgan fingerprint density at radius 2 is 1.79 bits per heavy atom. The minimum absolute atomic E-state index is 0.142. The fraction of sp³-hybridized carbons (Fsp3) is 0.588. The standard InChI is InChI=1S/C17H27NO/c1-4-7-14(6-3)13-17(19)18-16-11-9-15(8-5-2)10-12-16/h9-12,14H,4-8,13H2,1-3H3,(H,18,19). The lowest BCUT2D eigenvalue weighted by molar-refractivity contribution is -0.117. The molecule has 0 aromatic heterocycles. The molecule has 1 amide bonds. The van der Waals surface area contributed by atoms with Gasteiger partial charge < -0.3 is 5.32 Å². The summed E-state index contributed by atoms with van der Waals surface area (Å²) >= 11 is 0. The summed E-state index contributed by atoms with van der Waals surface area (Å²) in [6.45, 7) is 6.51. The maximum atomic E-state index is 12.0. The first-order valence-electron chi connectivity index (χ1n) is 7.58. The van der Waals surface area contributed by atoms with Crippen LogP contribution < -0.4 is 5.32 Å². The van der Waals surface area contributed by atoms with E-state index in [0.29, 0.717) is 12.3 Å². The van der Waals surface area contributed by atoms with Crippen LogP contribution in [0.3, 0.4) is 0 Å². The van der Waals surface area contributed by atoms with E-state index in [-0.39, 0.29) is 5.91 Å². The molecule has 0 bridgehead atoms. The molecule has 0 spiro atoms. The zero-order valence-corrected chi connectivity index (χ0v) is 12.5. The molecule has 0 aliphatic rings. The minimum atomic E-state index is 0.142. The van der Waals surface area contributed by atoms with E-state index in [9.17, 15) is 4.79 Å². The van der Waals surface area contributed by atoms with Crippen molar-refractivity contribution in [2.75, 3.05) is 5.32 Å². The van der Waals surface area contributed by atoms with E-state index in [1.165, 1.54) is 5.56 Å². The summed E-state index contributed by atoms with van der Waals surface area (Å²) in [6, 6.07) is 8.21. The van der Waals surface area contributed by atoms with Crippen molar-refractivity contribution in [2.45, 2.75) is 59.3 Å². The number of aryl methyl sites for hydroxylation is 1. The maximum Gasteiger partial charge on any atom is 0.224 e. The third kappa shape index (κ3) is 5.91. The van der Waals surface area contributed by atoms with Crippen molar-refractivity contribution >= 4 is 11.6 Å². The number of carbonyl (C=O) groups is 1. The van der Waals surface area contributed by atoms with E-state index in [1.807, 2.05) is 12.1 Å². The van der Waals surface area contributed by atoms with Crippen molar-refractivity contribution in [1.29, 1.82) is 0 Å². The predicted molar refractivity (Wildman–Crippen MR) is 82.4 cm³/mol. The Labute approximate surface area is 117 Å². The number of amides is 1. The highest BCUT2D eigenvalue weighted by Gasteiger charge is 2.11. The molecule has 0 radical (unpaired) electrons. The van der Waals surface area contributed by atoms with Crippen LogP contribution in [-0.4, -0.2) is 5.91 Å². The topological polar surface area (TPSA) is 29.1 Å². The van der Waals surface area contributed by atoms with Crippen LogP contribution in [0.1, 0.15) is 58.4 Å². The molecule has 19 heavy (non-hydrogen) atoms. The fourth-order valence-electron chi connectivity index (χ4n) is 2.38. The molecule has 106 valence electrons. The van der Waals surface area contributed by atoms with Crippen LogP contribution in [0, 0.1) is 5.92 Å². The molecule has 0 aliphatic carbocycles. The van der Waals surface area contributed by atoms with Crippen molar-refractivity contribution < 1.29 is 4.79 Å². The van der Waals surface area contributed by atoms with Gasteiger partial charge in [-0.2, -0.15) is 0 Å². The number of rotatable bonds is 8. The second-order valence-corrected chi connectivity index (χ2v) is 5.26. The van der Waals surface area contributed by atoms with Gasteiger partial charge in [0, 0.05) is 12.1 Å². The molecule has 1 N–H and O–H groups in total. The molecule has 0 aliphatic heterocycles. The molecule has 1 aromatic rings. The van der Waals surface area contributed by atoms with E-state index in [1.54, 1.807) is 0 Å². The summed E-state index contributed by atoms with van der Waals surface area (Å²) in [5, 5.41) is 3.00. The molecular formula is C17H27NO. The minimum Gasteiger partial charge on any atom is -0.326 e. The lowest BCUT2D eigenvalue weighted by atomic mass is 9.96. The van der Waals surface area contributed by atoms with Crippen LogP contribution in [0.2, 0.25) is 0 Å². The average molecular weight is 261 g/mol. The Balaban J connectivity index is 2.47. The van der Waals surface area contributed by atoms with E-state index in [0.717, 1.165) is 37.8 Å². The van der Waals surface area contributed by atoms with Gasteiger partial charge in [-0.25, -0.2) is 0 Å². The molecule has 1 aromatic carbocycles. The number of carbonyl (C=O) groups excluding carboxylic acids is 1. The van der Waals surface area contributed by atoms with Crippen LogP contribution in [0.4, 0.5) is 5.69 Å². The van der Waals surface area contributed by atoms with Gasteiger partial charge in [-0.15, -0.1) is 0 Å². The van der Waals surface area contributed by atoms with Gasteiger partial charge in [0.25, 0.3) is 0 Å². The Kier molecular flexibility index (Phi) is 7.24. The fourth-order valence-corrected chi connectivity index (χ4v) is 2.38.